The SMILES string of the molecule is CCC(NC(=O)c1ccnc(C)n1)(C(=O)O)c1ccccc1. The quantitative estimate of drug-likeness (QED) is 0.879. The molecule has 1 aromatic heterocycles. The first-order chi connectivity index (χ1) is 10.5. The zero-order valence-electron chi connectivity index (χ0n) is 12.4. The number of amides is 1. The Morgan fingerprint density at radius 2 is 1.91 bits per heavy atom. The molecule has 0 bridgehead atoms. The Morgan fingerprint density at radius 1 is 1.23 bits per heavy atom. The van der Waals surface area contributed by atoms with E-state index in [9.17, 15) is 14.7 Å². The number of hydrogen-bond donors (Lipinski definition) is 2. The molecule has 0 saturated heterocycles. The number of carboxylic acid groups (broad SMARTS) is 1. The fourth-order valence-corrected chi connectivity index (χ4v) is 2.26. The largest absolute Gasteiger partial charge is 0.479 e. The van der Waals surface area contributed by atoms with Gasteiger partial charge in [0.1, 0.15) is 11.5 Å². The van der Waals surface area contributed by atoms with E-state index in [1.54, 1.807) is 44.2 Å². The average Bonchev–Trinajstić information content (AvgIpc) is 2.53. The lowest BCUT2D eigenvalue weighted by Gasteiger charge is -2.29. The zero-order valence-corrected chi connectivity index (χ0v) is 12.4. The summed E-state index contributed by atoms with van der Waals surface area (Å²) in [5.74, 6) is -1.20. The van der Waals surface area contributed by atoms with Crippen LogP contribution in [0.25, 0.3) is 0 Å². The summed E-state index contributed by atoms with van der Waals surface area (Å²) in [4.78, 5) is 32.2. The number of carboxylic acids is 1. The molecule has 6 heteroatoms. The van der Waals surface area contributed by atoms with Crippen LogP contribution in [0.4, 0.5) is 0 Å². The van der Waals surface area contributed by atoms with Crippen LogP contribution in [0.15, 0.2) is 42.6 Å². The summed E-state index contributed by atoms with van der Waals surface area (Å²) in [6.45, 7) is 3.38. The number of carbonyl (C=O) groups is 2. The molecule has 114 valence electrons. The molecule has 1 atom stereocenters. The highest BCUT2D eigenvalue weighted by atomic mass is 16.4. The number of nitrogens with one attached hydrogen (secondary N) is 1. The van der Waals surface area contributed by atoms with E-state index >= 15 is 0 Å². The van der Waals surface area contributed by atoms with Gasteiger partial charge in [-0.2, -0.15) is 0 Å². The highest BCUT2D eigenvalue weighted by Gasteiger charge is 2.40. The molecule has 1 amide bonds. The van der Waals surface area contributed by atoms with Gasteiger partial charge in [-0.3, -0.25) is 4.79 Å². The maximum absolute atomic E-state index is 12.4. The van der Waals surface area contributed by atoms with E-state index in [1.165, 1.54) is 12.3 Å². The van der Waals surface area contributed by atoms with Crippen molar-refractivity contribution in [3.8, 4) is 0 Å². The van der Waals surface area contributed by atoms with Crippen molar-refractivity contribution in [2.75, 3.05) is 0 Å². The highest BCUT2D eigenvalue weighted by Crippen LogP contribution is 2.26. The van der Waals surface area contributed by atoms with Crippen LogP contribution in [-0.2, 0) is 10.3 Å². The Balaban J connectivity index is 2.40. The molecule has 6 nitrogen and oxygen atoms in total. The first-order valence-corrected chi connectivity index (χ1v) is 6.90. The van der Waals surface area contributed by atoms with Gasteiger partial charge >= 0.3 is 5.97 Å². The fraction of sp³-hybridized carbons (Fsp3) is 0.250. The molecule has 0 radical (unpaired) electrons. The van der Waals surface area contributed by atoms with Crippen molar-refractivity contribution in [2.45, 2.75) is 25.8 Å². The lowest BCUT2D eigenvalue weighted by molar-refractivity contribution is -0.145. The van der Waals surface area contributed by atoms with Gasteiger partial charge in [0.2, 0.25) is 0 Å². The number of hydrogen-bond acceptors (Lipinski definition) is 4. The standard InChI is InChI=1S/C16H17N3O3/c1-3-16(15(21)22,12-7-5-4-6-8-12)19-14(20)13-9-10-17-11(2)18-13/h4-10H,3H2,1-2H3,(H,19,20)(H,21,22). The molecule has 0 aliphatic carbocycles. The fourth-order valence-electron chi connectivity index (χ4n) is 2.26. The predicted molar refractivity (Wildman–Crippen MR) is 80.3 cm³/mol. The number of nitrogens with zero attached hydrogens (tertiary/aromatic N) is 2. The summed E-state index contributed by atoms with van der Waals surface area (Å²) < 4.78 is 0. The summed E-state index contributed by atoms with van der Waals surface area (Å²) in [6.07, 6.45) is 1.68. The van der Waals surface area contributed by atoms with Gasteiger partial charge < -0.3 is 10.4 Å². The summed E-state index contributed by atoms with van der Waals surface area (Å²) >= 11 is 0. The normalized spacial score (nSPS) is 13.2. The van der Waals surface area contributed by atoms with Crippen molar-refractivity contribution < 1.29 is 14.7 Å². The van der Waals surface area contributed by atoms with E-state index < -0.39 is 17.4 Å². The lowest BCUT2D eigenvalue weighted by atomic mass is 9.87. The van der Waals surface area contributed by atoms with Gasteiger partial charge in [0.15, 0.2) is 5.54 Å². The van der Waals surface area contributed by atoms with Gasteiger partial charge in [0.25, 0.3) is 5.91 Å². The van der Waals surface area contributed by atoms with Crippen LogP contribution in [0.1, 0.15) is 35.2 Å². The molecule has 1 unspecified atom stereocenters. The summed E-state index contributed by atoms with van der Waals surface area (Å²) in [6, 6.07) is 10.1. The van der Waals surface area contributed by atoms with E-state index in [2.05, 4.69) is 15.3 Å². The third-order valence-corrected chi connectivity index (χ3v) is 3.50. The van der Waals surface area contributed by atoms with Crippen LogP contribution in [0.3, 0.4) is 0 Å². The van der Waals surface area contributed by atoms with Gasteiger partial charge in [-0.05, 0) is 25.0 Å². The number of carbonyl (C=O) groups excluding carboxylic acids is 1. The van der Waals surface area contributed by atoms with Crippen molar-refractivity contribution in [1.82, 2.24) is 15.3 Å². The van der Waals surface area contributed by atoms with Crippen LogP contribution in [-0.4, -0.2) is 27.0 Å². The minimum atomic E-state index is -1.49. The second-order valence-electron chi connectivity index (χ2n) is 4.87. The second-order valence-corrected chi connectivity index (χ2v) is 4.87. The zero-order chi connectivity index (χ0) is 16.2. The summed E-state index contributed by atoms with van der Waals surface area (Å²) in [5, 5.41) is 12.3. The van der Waals surface area contributed by atoms with Crippen LogP contribution < -0.4 is 5.32 Å². The van der Waals surface area contributed by atoms with Crippen LogP contribution in [0.2, 0.25) is 0 Å². The van der Waals surface area contributed by atoms with Gasteiger partial charge in [-0.25, -0.2) is 14.8 Å². The van der Waals surface area contributed by atoms with Gasteiger partial charge in [-0.1, -0.05) is 37.3 Å². The second kappa shape index (κ2) is 6.34. The van der Waals surface area contributed by atoms with Crippen molar-refractivity contribution in [3.63, 3.8) is 0 Å². The molecule has 1 aromatic carbocycles. The van der Waals surface area contributed by atoms with E-state index in [-0.39, 0.29) is 12.1 Å². The first kappa shape index (κ1) is 15.6. The Morgan fingerprint density at radius 3 is 2.45 bits per heavy atom. The number of aliphatic carboxylic acids is 1. The molecule has 2 aromatic rings. The number of aryl methyl sites for hydroxylation is 1. The molecule has 2 rings (SSSR count). The molecule has 22 heavy (non-hydrogen) atoms. The van der Waals surface area contributed by atoms with Crippen molar-refractivity contribution in [3.05, 3.63) is 59.7 Å². The molecule has 0 aliphatic rings. The molecule has 0 saturated carbocycles. The van der Waals surface area contributed by atoms with E-state index in [0.29, 0.717) is 11.4 Å². The minimum absolute atomic E-state index is 0.141. The van der Waals surface area contributed by atoms with Crippen molar-refractivity contribution in [1.29, 1.82) is 0 Å². The number of rotatable bonds is 5. The minimum Gasteiger partial charge on any atom is -0.479 e. The Bertz CT molecular complexity index is 688. The van der Waals surface area contributed by atoms with Crippen LogP contribution in [0, 0.1) is 6.92 Å². The van der Waals surface area contributed by atoms with E-state index in [4.69, 9.17) is 0 Å². The predicted octanol–water partition coefficient (Wildman–Crippen LogP) is 1.90. The average molecular weight is 299 g/mol. The Labute approximate surface area is 128 Å². The van der Waals surface area contributed by atoms with Crippen molar-refractivity contribution >= 4 is 11.9 Å². The molecular formula is C16H17N3O3. The molecule has 1 heterocycles. The molecular weight excluding hydrogens is 282 g/mol. The number of aromatic nitrogens is 2. The third-order valence-electron chi connectivity index (χ3n) is 3.50. The van der Waals surface area contributed by atoms with Gasteiger partial charge in [0.05, 0.1) is 0 Å². The summed E-state index contributed by atoms with van der Waals surface area (Å²) in [5.41, 5.74) is -0.830. The molecule has 0 fully saturated rings. The Hall–Kier alpha value is -2.76. The smallest absolute Gasteiger partial charge is 0.334 e. The van der Waals surface area contributed by atoms with Gasteiger partial charge in [0, 0.05) is 6.20 Å². The lowest BCUT2D eigenvalue weighted by Crippen LogP contribution is -2.51. The molecule has 0 aliphatic heterocycles. The summed E-state index contributed by atoms with van der Waals surface area (Å²) in [7, 11) is 0. The maximum atomic E-state index is 12.4. The number of benzene rings is 1. The highest BCUT2D eigenvalue weighted by molar-refractivity contribution is 5.96. The Kier molecular flexibility index (Phi) is 4.50. The van der Waals surface area contributed by atoms with E-state index in [1.807, 2.05) is 0 Å². The third kappa shape index (κ3) is 2.95. The van der Waals surface area contributed by atoms with E-state index in [0.717, 1.165) is 0 Å². The molecule has 2 N–H and O–H groups in total. The van der Waals surface area contributed by atoms with Crippen LogP contribution in [0.5, 0.6) is 0 Å². The van der Waals surface area contributed by atoms with Crippen molar-refractivity contribution in [2.24, 2.45) is 0 Å². The first-order valence-electron chi connectivity index (χ1n) is 6.90. The topological polar surface area (TPSA) is 92.2 Å². The van der Waals surface area contributed by atoms with Crippen LogP contribution >= 0.6 is 0 Å². The maximum Gasteiger partial charge on any atom is 0.334 e. The monoisotopic (exact) mass is 299 g/mol. The van der Waals surface area contributed by atoms with Gasteiger partial charge in [-0.15, -0.1) is 0 Å². The molecule has 0 spiro atoms.